The second-order valence-electron chi connectivity index (χ2n) is 5.74. The van der Waals surface area contributed by atoms with Crippen LogP contribution < -0.4 is 0 Å². The summed E-state index contributed by atoms with van der Waals surface area (Å²) in [5, 5.41) is 1.19. The van der Waals surface area contributed by atoms with E-state index < -0.39 is 7.82 Å². The molecule has 6 nitrogen and oxygen atoms in total. The van der Waals surface area contributed by atoms with Gasteiger partial charge in [-0.15, -0.1) is 0 Å². The maximum Gasteiger partial charge on any atom is 0.476 e. The van der Waals surface area contributed by atoms with Gasteiger partial charge in [0.25, 0.3) is 0 Å². The molecule has 0 amide bonds. The molecule has 0 saturated heterocycles. The van der Waals surface area contributed by atoms with E-state index in [1.807, 2.05) is 22.8 Å². The second kappa shape index (κ2) is 8.79. The third-order valence-corrected chi connectivity index (χ3v) is 5.21. The normalized spacial score (nSPS) is 12.4. The van der Waals surface area contributed by atoms with Crippen molar-refractivity contribution in [1.82, 2.24) is 9.47 Å². The van der Waals surface area contributed by atoms with E-state index in [4.69, 9.17) is 13.6 Å². The number of para-hydroxylation sites is 1. The van der Waals surface area contributed by atoms with E-state index in [1.54, 1.807) is 13.8 Å². The number of hydrogen-bond acceptors (Lipinski definition) is 5. The van der Waals surface area contributed by atoms with Gasteiger partial charge in [0.15, 0.2) is 0 Å². The van der Waals surface area contributed by atoms with E-state index in [0.717, 1.165) is 18.5 Å². The van der Waals surface area contributed by atoms with Crippen LogP contribution in [0.4, 0.5) is 0 Å². The zero-order chi connectivity index (χ0) is 17.6. The number of phosphoric acid groups is 1. The van der Waals surface area contributed by atoms with Crippen LogP contribution in [-0.4, -0.2) is 43.3 Å². The molecule has 1 aromatic heterocycles. The zero-order valence-electron chi connectivity index (χ0n) is 14.9. The Hall–Kier alpha value is -1.17. The van der Waals surface area contributed by atoms with E-state index >= 15 is 0 Å². The number of rotatable bonds is 10. The molecule has 0 bridgehead atoms. The molecular weight excluding hydrogens is 327 g/mol. The van der Waals surface area contributed by atoms with Crippen LogP contribution >= 0.6 is 7.82 Å². The molecule has 7 heteroatoms. The average molecular weight is 354 g/mol. The molecule has 0 spiro atoms. The Bertz CT molecular complexity index is 689. The molecule has 2 rings (SSSR count). The Kier molecular flexibility index (Phi) is 7.02. The first-order chi connectivity index (χ1) is 11.5. The molecule has 0 unspecified atom stereocenters. The Morgan fingerprint density at radius 3 is 2.38 bits per heavy atom. The number of aromatic nitrogens is 1. The Morgan fingerprint density at radius 2 is 1.75 bits per heavy atom. The molecule has 2 aromatic rings. The molecule has 1 heterocycles. The standard InChI is InChI=1S/C17H27N2O4P/c1-5-21-24(20,22-6-2)23-14-19-13-15(11-12-18(3)4)16-9-7-8-10-17(16)19/h7-10,13H,5-6,11-12,14H2,1-4H3. The first kappa shape index (κ1) is 19.2. The lowest BCUT2D eigenvalue weighted by atomic mass is 10.1. The Labute approximate surface area is 143 Å². The van der Waals surface area contributed by atoms with Crippen LogP contribution in [0.25, 0.3) is 10.9 Å². The summed E-state index contributed by atoms with van der Waals surface area (Å²) in [5.74, 6) is 0. The highest BCUT2D eigenvalue weighted by Gasteiger charge is 2.25. The Balaban J connectivity index is 2.20. The number of hydrogen-bond donors (Lipinski definition) is 0. The van der Waals surface area contributed by atoms with Crippen LogP contribution in [0, 0.1) is 0 Å². The molecule has 0 fully saturated rings. The average Bonchev–Trinajstić information content (AvgIpc) is 2.90. The summed E-state index contributed by atoms with van der Waals surface area (Å²) in [5.41, 5.74) is 2.29. The van der Waals surface area contributed by atoms with Gasteiger partial charge in [0, 0.05) is 18.1 Å². The van der Waals surface area contributed by atoms with Crippen molar-refractivity contribution in [3.63, 3.8) is 0 Å². The minimum Gasteiger partial charge on any atom is -0.323 e. The molecule has 0 aliphatic rings. The predicted molar refractivity (Wildman–Crippen MR) is 96.1 cm³/mol. The van der Waals surface area contributed by atoms with Gasteiger partial charge in [0.1, 0.15) is 6.73 Å². The third kappa shape index (κ3) is 4.91. The second-order valence-corrected chi connectivity index (χ2v) is 7.40. The molecule has 134 valence electrons. The van der Waals surface area contributed by atoms with Crippen LogP contribution in [0.1, 0.15) is 19.4 Å². The number of benzene rings is 1. The molecule has 0 saturated carbocycles. The van der Waals surface area contributed by atoms with Gasteiger partial charge in [0.05, 0.1) is 18.7 Å². The van der Waals surface area contributed by atoms with Crippen molar-refractivity contribution in [2.75, 3.05) is 33.9 Å². The summed E-state index contributed by atoms with van der Waals surface area (Å²) in [6.45, 7) is 5.17. The first-order valence-electron chi connectivity index (χ1n) is 8.24. The number of fused-ring (bicyclic) bond motifs is 1. The van der Waals surface area contributed by atoms with Gasteiger partial charge in [-0.05, 0) is 46.0 Å². The number of nitrogens with zero attached hydrogens (tertiary/aromatic N) is 2. The first-order valence-corrected chi connectivity index (χ1v) is 9.70. The van der Waals surface area contributed by atoms with Crippen molar-refractivity contribution in [3.8, 4) is 0 Å². The van der Waals surface area contributed by atoms with E-state index in [1.165, 1.54) is 10.9 Å². The quantitative estimate of drug-likeness (QED) is 0.606. The molecule has 0 N–H and O–H groups in total. The minimum atomic E-state index is -3.51. The molecule has 0 atom stereocenters. The van der Waals surface area contributed by atoms with Crippen LogP contribution in [0.3, 0.4) is 0 Å². The van der Waals surface area contributed by atoms with Gasteiger partial charge in [-0.25, -0.2) is 4.57 Å². The molecule has 1 aromatic carbocycles. The van der Waals surface area contributed by atoms with Crippen molar-refractivity contribution in [1.29, 1.82) is 0 Å². The lowest BCUT2D eigenvalue weighted by Crippen LogP contribution is -2.14. The summed E-state index contributed by atoms with van der Waals surface area (Å²) >= 11 is 0. The van der Waals surface area contributed by atoms with E-state index in [-0.39, 0.29) is 19.9 Å². The fourth-order valence-corrected chi connectivity index (χ4v) is 3.66. The van der Waals surface area contributed by atoms with E-state index in [2.05, 4.69) is 31.3 Å². The van der Waals surface area contributed by atoms with Crippen LogP contribution in [-0.2, 0) is 31.3 Å². The molecule has 0 aliphatic heterocycles. The highest BCUT2D eigenvalue weighted by Crippen LogP contribution is 2.49. The lowest BCUT2D eigenvalue weighted by molar-refractivity contribution is 0.0978. The van der Waals surface area contributed by atoms with Crippen molar-refractivity contribution < 1.29 is 18.1 Å². The fourth-order valence-electron chi connectivity index (χ4n) is 2.53. The molecular formula is C17H27N2O4P. The van der Waals surface area contributed by atoms with Crippen molar-refractivity contribution in [2.45, 2.75) is 27.0 Å². The van der Waals surface area contributed by atoms with Gasteiger partial charge in [0.2, 0.25) is 0 Å². The number of phosphoric ester groups is 1. The topological polar surface area (TPSA) is 52.9 Å². The molecule has 24 heavy (non-hydrogen) atoms. The number of likely N-dealkylation sites (N-methyl/N-ethyl adjacent to an activating group) is 1. The molecule has 0 aliphatic carbocycles. The van der Waals surface area contributed by atoms with Gasteiger partial charge in [-0.3, -0.25) is 13.6 Å². The van der Waals surface area contributed by atoms with Gasteiger partial charge in [-0.1, -0.05) is 18.2 Å². The predicted octanol–water partition coefficient (Wildman–Crippen LogP) is 3.90. The van der Waals surface area contributed by atoms with Gasteiger partial charge in [-0.2, -0.15) is 0 Å². The summed E-state index contributed by atoms with van der Waals surface area (Å²) in [6.07, 6.45) is 2.99. The largest absolute Gasteiger partial charge is 0.476 e. The third-order valence-electron chi connectivity index (χ3n) is 3.63. The van der Waals surface area contributed by atoms with E-state index in [0.29, 0.717) is 0 Å². The lowest BCUT2D eigenvalue weighted by Gasteiger charge is -2.17. The summed E-state index contributed by atoms with van der Waals surface area (Å²) in [6, 6.07) is 8.14. The van der Waals surface area contributed by atoms with Gasteiger partial charge < -0.3 is 9.47 Å². The Morgan fingerprint density at radius 1 is 1.08 bits per heavy atom. The highest BCUT2D eigenvalue weighted by atomic mass is 31.2. The maximum atomic E-state index is 12.5. The zero-order valence-corrected chi connectivity index (χ0v) is 15.8. The smallest absolute Gasteiger partial charge is 0.323 e. The summed E-state index contributed by atoms with van der Waals surface area (Å²) < 4.78 is 30.3. The van der Waals surface area contributed by atoms with Crippen molar-refractivity contribution in [2.24, 2.45) is 0 Å². The van der Waals surface area contributed by atoms with Crippen LogP contribution in [0.2, 0.25) is 0 Å². The monoisotopic (exact) mass is 354 g/mol. The summed E-state index contributed by atoms with van der Waals surface area (Å²) in [7, 11) is 0.603. The van der Waals surface area contributed by atoms with Crippen LogP contribution in [0.15, 0.2) is 30.5 Å². The SMILES string of the molecule is CCOP(=O)(OCC)OCn1cc(CCN(C)C)c2ccccc21. The van der Waals surface area contributed by atoms with Crippen molar-refractivity contribution >= 4 is 18.7 Å². The van der Waals surface area contributed by atoms with Crippen molar-refractivity contribution in [3.05, 3.63) is 36.0 Å². The van der Waals surface area contributed by atoms with Crippen LogP contribution in [0.5, 0.6) is 0 Å². The van der Waals surface area contributed by atoms with Gasteiger partial charge >= 0.3 is 7.82 Å². The maximum absolute atomic E-state index is 12.5. The summed E-state index contributed by atoms with van der Waals surface area (Å²) in [4.78, 5) is 2.15. The minimum absolute atomic E-state index is 0.125. The van der Waals surface area contributed by atoms with E-state index in [9.17, 15) is 4.57 Å². The molecule has 0 radical (unpaired) electrons. The highest BCUT2D eigenvalue weighted by molar-refractivity contribution is 7.48. The fraction of sp³-hybridized carbons (Fsp3) is 0.529.